The van der Waals surface area contributed by atoms with Crippen LogP contribution in [-0.2, 0) is 14.8 Å². The van der Waals surface area contributed by atoms with E-state index < -0.39 is 10.0 Å². The van der Waals surface area contributed by atoms with Crippen LogP contribution in [0.1, 0.15) is 40.0 Å². The monoisotopic (exact) mass is 263 g/mol. The zero-order valence-electron chi connectivity index (χ0n) is 11.4. The Morgan fingerprint density at radius 2 is 2.00 bits per heavy atom. The Kier molecular flexibility index (Phi) is 4.98. The highest BCUT2D eigenvalue weighted by Crippen LogP contribution is 2.19. The van der Waals surface area contributed by atoms with Crippen LogP contribution in [0.5, 0.6) is 0 Å². The van der Waals surface area contributed by atoms with Gasteiger partial charge in [0.25, 0.3) is 0 Å². The SMILES string of the molecule is CN(CC(C)(C)C)S(=O)(=O)CC[C@H]1CCCO1. The molecule has 0 unspecified atom stereocenters. The van der Waals surface area contributed by atoms with Gasteiger partial charge in [-0.15, -0.1) is 0 Å². The Hall–Kier alpha value is -0.130. The van der Waals surface area contributed by atoms with E-state index in [1.165, 1.54) is 4.31 Å². The van der Waals surface area contributed by atoms with Crippen LogP contribution in [0, 0.1) is 5.41 Å². The summed E-state index contributed by atoms with van der Waals surface area (Å²) in [4.78, 5) is 0. The van der Waals surface area contributed by atoms with Crippen LogP contribution >= 0.6 is 0 Å². The van der Waals surface area contributed by atoms with Crippen LogP contribution in [0.15, 0.2) is 0 Å². The molecule has 4 nitrogen and oxygen atoms in total. The molecule has 0 saturated carbocycles. The Bertz CT molecular complexity index is 326. The van der Waals surface area contributed by atoms with Crippen LogP contribution < -0.4 is 0 Å². The minimum Gasteiger partial charge on any atom is -0.378 e. The second-order valence-corrected chi connectivity index (χ2v) is 8.25. The summed E-state index contributed by atoms with van der Waals surface area (Å²) in [6, 6.07) is 0. The summed E-state index contributed by atoms with van der Waals surface area (Å²) in [5.41, 5.74) is -0.00826. The molecule has 1 saturated heterocycles. The Morgan fingerprint density at radius 1 is 1.35 bits per heavy atom. The van der Waals surface area contributed by atoms with Gasteiger partial charge in [0, 0.05) is 20.2 Å². The van der Waals surface area contributed by atoms with E-state index in [2.05, 4.69) is 0 Å². The number of sulfonamides is 1. The van der Waals surface area contributed by atoms with E-state index in [1.54, 1.807) is 7.05 Å². The molecule has 1 aliphatic heterocycles. The van der Waals surface area contributed by atoms with Gasteiger partial charge >= 0.3 is 0 Å². The van der Waals surface area contributed by atoms with Gasteiger partial charge in [-0.25, -0.2) is 12.7 Å². The summed E-state index contributed by atoms with van der Waals surface area (Å²) >= 11 is 0. The quantitative estimate of drug-likeness (QED) is 0.760. The normalized spacial score (nSPS) is 22.3. The van der Waals surface area contributed by atoms with Crippen molar-refractivity contribution < 1.29 is 13.2 Å². The van der Waals surface area contributed by atoms with Crippen molar-refractivity contribution in [1.29, 1.82) is 0 Å². The maximum atomic E-state index is 12.0. The van der Waals surface area contributed by atoms with Crippen LogP contribution in [0.3, 0.4) is 0 Å². The molecule has 17 heavy (non-hydrogen) atoms. The molecule has 0 aromatic carbocycles. The lowest BCUT2D eigenvalue weighted by molar-refractivity contribution is 0.108. The molecule has 1 atom stereocenters. The first-order valence-electron chi connectivity index (χ1n) is 6.26. The molecule has 102 valence electrons. The molecular formula is C12H25NO3S. The summed E-state index contributed by atoms with van der Waals surface area (Å²) in [6.45, 7) is 7.46. The molecule has 1 fully saturated rings. The van der Waals surface area contributed by atoms with E-state index in [9.17, 15) is 8.42 Å². The minimum absolute atomic E-state index is 0.00826. The summed E-state index contributed by atoms with van der Waals surface area (Å²) < 4.78 is 31.0. The van der Waals surface area contributed by atoms with Crippen molar-refractivity contribution in [2.45, 2.75) is 46.1 Å². The van der Waals surface area contributed by atoms with Gasteiger partial charge in [-0.3, -0.25) is 0 Å². The first kappa shape index (κ1) is 14.9. The maximum absolute atomic E-state index is 12.0. The summed E-state index contributed by atoms with van der Waals surface area (Å²) in [6.07, 6.45) is 2.82. The van der Waals surface area contributed by atoms with E-state index in [-0.39, 0.29) is 17.3 Å². The van der Waals surface area contributed by atoms with E-state index in [1.807, 2.05) is 20.8 Å². The summed E-state index contributed by atoms with van der Waals surface area (Å²) in [5.74, 6) is 0.199. The van der Waals surface area contributed by atoms with Crippen molar-refractivity contribution in [3.8, 4) is 0 Å². The van der Waals surface area contributed by atoms with Crippen molar-refractivity contribution in [2.24, 2.45) is 5.41 Å². The van der Waals surface area contributed by atoms with Crippen molar-refractivity contribution in [3.63, 3.8) is 0 Å². The lowest BCUT2D eigenvalue weighted by Crippen LogP contribution is -2.36. The first-order chi connectivity index (χ1) is 7.71. The van der Waals surface area contributed by atoms with Crippen molar-refractivity contribution in [2.75, 3.05) is 26.0 Å². The molecule has 1 rings (SSSR count). The Labute approximate surface area is 105 Å². The number of rotatable bonds is 5. The van der Waals surface area contributed by atoms with Crippen molar-refractivity contribution in [1.82, 2.24) is 4.31 Å². The second kappa shape index (κ2) is 5.67. The molecule has 0 aliphatic carbocycles. The number of hydrogen-bond acceptors (Lipinski definition) is 3. The lowest BCUT2D eigenvalue weighted by Gasteiger charge is -2.26. The van der Waals surface area contributed by atoms with Crippen LogP contribution in [0.25, 0.3) is 0 Å². The number of hydrogen-bond donors (Lipinski definition) is 0. The molecule has 0 spiro atoms. The summed E-state index contributed by atoms with van der Waals surface area (Å²) in [7, 11) is -1.46. The maximum Gasteiger partial charge on any atom is 0.213 e. The topological polar surface area (TPSA) is 46.6 Å². The van der Waals surface area contributed by atoms with Gasteiger partial charge in [0.15, 0.2) is 0 Å². The predicted octanol–water partition coefficient (Wildman–Crippen LogP) is 1.86. The fourth-order valence-electron chi connectivity index (χ4n) is 2.07. The molecule has 1 heterocycles. The third kappa shape index (κ3) is 5.36. The third-order valence-corrected chi connectivity index (χ3v) is 4.72. The number of nitrogens with zero attached hydrogens (tertiary/aromatic N) is 1. The van der Waals surface area contributed by atoms with E-state index in [0.29, 0.717) is 13.0 Å². The average Bonchev–Trinajstić information content (AvgIpc) is 2.64. The van der Waals surface area contributed by atoms with Crippen LogP contribution in [-0.4, -0.2) is 44.8 Å². The summed E-state index contributed by atoms with van der Waals surface area (Å²) in [5, 5.41) is 0. The van der Waals surface area contributed by atoms with Gasteiger partial charge in [-0.2, -0.15) is 0 Å². The molecule has 0 aromatic heterocycles. The smallest absolute Gasteiger partial charge is 0.213 e. The number of ether oxygens (including phenoxy) is 1. The van der Waals surface area contributed by atoms with Crippen LogP contribution in [0.2, 0.25) is 0 Å². The first-order valence-corrected chi connectivity index (χ1v) is 7.87. The fourth-order valence-corrected chi connectivity index (χ4v) is 3.53. The Balaban J connectivity index is 2.44. The molecule has 0 bridgehead atoms. The van der Waals surface area contributed by atoms with E-state index in [4.69, 9.17) is 4.74 Å². The highest BCUT2D eigenvalue weighted by atomic mass is 32.2. The standard InChI is InChI=1S/C12H25NO3S/c1-12(2,3)10-13(4)17(14,15)9-7-11-6-5-8-16-11/h11H,5-10H2,1-4H3/t11-/m1/s1. The zero-order chi connectivity index (χ0) is 13.1. The van der Waals surface area contributed by atoms with Gasteiger partial charge in [-0.05, 0) is 24.7 Å². The van der Waals surface area contributed by atoms with Gasteiger partial charge in [0.05, 0.1) is 11.9 Å². The second-order valence-electron chi connectivity index (χ2n) is 6.06. The Morgan fingerprint density at radius 3 is 2.47 bits per heavy atom. The highest BCUT2D eigenvalue weighted by Gasteiger charge is 2.25. The highest BCUT2D eigenvalue weighted by molar-refractivity contribution is 7.89. The minimum atomic E-state index is -3.13. The van der Waals surface area contributed by atoms with Gasteiger partial charge in [0.1, 0.15) is 0 Å². The van der Waals surface area contributed by atoms with E-state index in [0.717, 1.165) is 19.4 Å². The fraction of sp³-hybridized carbons (Fsp3) is 1.00. The molecule has 0 radical (unpaired) electrons. The molecule has 0 amide bonds. The van der Waals surface area contributed by atoms with Crippen LogP contribution in [0.4, 0.5) is 0 Å². The molecule has 0 N–H and O–H groups in total. The zero-order valence-corrected chi connectivity index (χ0v) is 12.2. The van der Waals surface area contributed by atoms with Gasteiger partial charge in [0.2, 0.25) is 10.0 Å². The van der Waals surface area contributed by atoms with E-state index >= 15 is 0 Å². The molecular weight excluding hydrogens is 238 g/mol. The predicted molar refractivity (Wildman–Crippen MR) is 69.5 cm³/mol. The van der Waals surface area contributed by atoms with Crippen molar-refractivity contribution >= 4 is 10.0 Å². The lowest BCUT2D eigenvalue weighted by atomic mass is 9.97. The van der Waals surface area contributed by atoms with Crippen molar-refractivity contribution in [3.05, 3.63) is 0 Å². The average molecular weight is 263 g/mol. The molecule has 0 aromatic rings. The third-order valence-electron chi connectivity index (χ3n) is 2.89. The molecule has 5 heteroatoms. The van der Waals surface area contributed by atoms with Gasteiger partial charge < -0.3 is 4.74 Å². The van der Waals surface area contributed by atoms with Gasteiger partial charge in [-0.1, -0.05) is 20.8 Å². The molecule has 1 aliphatic rings. The largest absolute Gasteiger partial charge is 0.378 e.